The molecule has 8 bridgehead atoms. The zero-order valence-electron chi connectivity index (χ0n) is 26.9. The van der Waals surface area contributed by atoms with E-state index in [1.807, 2.05) is 19.9 Å². The van der Waals surface area contributed by atoms with Crippen molar-refractivity contribution in [2.45, 2.75) is 80.6 Å². The van der Waals surface area contributed by atoms with Gasteiger partial charge in [-0.15, -0.1) is 0 Å². The molecule has 8 heteroatoms. The summed E-state index contributed by atoms with van der Waals surface area (Å²) in [5, 5.41) is 14.9. The van der Waals surface area contributed by atoms with Crippen molar-refractivity contribution in [3.05, 3.63) is 91.0 Å². The number of hydrogen-bond donors (Lipinski definition) is 2. The number of ketones is 1. The highest BCUT2D eigenvalue weighted by Crippen LogP contribution is 2.47. The lowest BCUT2D eigenvalue weighted by Crippen LogP contribution is -2.20. The monoisotopic (exact) mass is 592 g/mol. The third-order valence-corrected chi connectivity index (χ3v) is 9.91. The molecule has 8 nitrogen and oxygen atoms in total. The maximum Gasteiger partial charge on any atom is 0.305 e. The second-order valence-electron chi connectivity index (χ2n) is 12.3. The Labute approximate surface area is 258 Å². The van der Waals surface area contributed by atoms with Crippen LogP contribution in [0.15, 0.2) is 106 Å². The Balaban J connectivity index is 1.67. The van der Waals surface area contributed by atoms with Crippen molar-refractivity contribution in [1.29, 1.82) is 0 Å². The van der Waals surface area contributed by atoms with E-state index in [1.165, 1.54) is 7.11 Å². The number of carbonyl (C=O) groups is 2. The van der Waals surface area contributed by atoms with E-state index < -0.39 is 0 Å². The number of fused-ring (bicyclic) bond motifs is 5. The number of methoxy groups -OCH3 is 1. The Kier molecular flexibility index (Phi) is 7.42. The first-order valence-electron chi connectivity index (χ1n) is 15.6. The van der Waals surface area contributed by atoms with Crippen LogP contribution in [0.4, 0.5) is 0 Å². The van der Waals surface area contributed by atoms with Crippen LogP contribution in [0.5, 0.6) is 0 Å². The molecule has 5 heterocycles. The molecule has 1 saturated heterocycles. The molecule has 44 heavy (non-hydrogen) atoms. The average molecular weight is 593 g/mol. The highest BCUT2D eigenvalue weighted by molar-refractivity contribution is 6.30. The number of esters is 1. The standard InChI is InChI=1S/C36H40N4O4/c1-9-21-16(3)25-14-28-22(10-2)17(4)33(39-28)32(20(7)41)34-18(5)23(11-12-30(43)44-8)35(40-34)24-13-29(42)31-19(6)26(38-36(24)31)15-27(21)37-25/h14-15,18,23,40,42H,9-13H2,1-8H3/t18-,23-/m0/s1. The van der Waals surface area contributed by atoms with Crippen molar-refractivity contribution in [3.63, 3.8) is 0 Å². The zero-order valence-corrected chi connectivity index (χ0v) is 26.9. The first-order valence-corrected chi connectivity index (χ1v) is 15.6. The molecule has 1 fully saturated rings. The van der Waals surface area contributed by atoms with E-state index in [0.29, 0.717) is 24.1 Å². The maximum atomic E-state index is 13.5. The molecule has 0 aromatic rings. The van der Waals surface area contributed by atoms with Gasteiger partial charge in [0.05, 0.1) is 46.9 Å². The number of aliphatic imine (C=N–C) groups is 3. The summed E-state index contributed by atoms with van der Waals surface area (Å²) in [4.78, 5) is 41.1. The van der Waals surface area contributed by atoms with Gasteiger partial charge in [0.25, 0.3) is 0 Å². The number of hydrogen-bond acceptors (Lipinski definition) is 8. The molecule has 0 aromatic carbocycles. The molecule has 6 rings (SSSR count). The predicted molar refractivity (Wildman–Crippen MR) is 173 cm³/mol. The predicted octanol–water partition coefficient (Wildman–Crippen LogP) is 6.98. The fourth-order valence-electron chi connectivity index (χ4n) is 7.50. The molecule has 0 unspecified atom stereocenters. The Bertz CT molecular complexity index is 1790. The normalized spacial score (nSPS) is 24.3. The number of aliphatic hydroxyl groups excluding tert-OH is 1. The van der Waals surface area contributed by atoms with Crippen LogP contribution in [0.3, 0.4) is 0 Å². The number of rotatable bonds is 6. The molecule has 2 N–H and O–H groups in total. The number of nitrogens with one attached hydrogen (secondary N) is 1. The highest BCUT2D eigenvalue weighted by atomic mass is 16.5. The Morgan fingerprint density at radius 2 is 1.64 bits per heavy atom. The topological polar surface area (TPSA) is 113 Å². The van der Waals surface area contributed by atoms with E-state index in [2.05, 4.69) is 39.1 Å². The number of nitrogens with zero attached hydrogens (tertiary/aromatic N) is 3. The summed E-state index contributed by atoms with van der Waals surface area (Å²) >= 11 is 0. The molecule has 6 aliphatic rings. The quantitative estimate of drug-likeness (QED) is 0.323. The lowest BCUT2D eigenvalue weighted by molar-refractivity contribution is -0.140. The number of aliphatic hydroxyl groups is 1. The lowest BCUT2D eigenvalue weighted by atomic mass is 9.84. The fraction of sp³-hybridized carbons (Fsp3) is 0.417. The van der Waals surface area contributed by atoms with Gasteiger partial charge >= 0.3 is 5.97 Å². The molecule has 0 amide bonds. The molecule has 0 aromatic heterocycles. The number of Topliss-reactive ketones (excluding diaryl/α,β-unsaturated/α-hetero) is 1. The number of carbonyl (C=O) groups excluding carboxylic acids is 2. The molecule has 1 aliphatic carbocycles. The molecular weight excluding hydrogens is 552 g/mol. The van der Waals surface area contributed by atoms with Gasteiger partial charge in [0.2, 0.25) is 0 Å². The Hall–Kier alpha value is -4.33. The summed E-state index contributed by atoms with van der Waals surface area (Å²) in [6.45, 7) is 14.1. The van der Waals surface area contributed by atoms with Crippen LogP contribution in [-0.4, -0.2) is 41.1 Å². The van der Waals surface area contributed by atoms with Gasteiger partial charge < -0.3 is 15.2 Å². The van der Waals surface area contributed by atoms with E-state index in [1.54, 1.807) is 6.92 Å². The van der Waals surface area contributed by atoms with Crippen molar-refractivity contribution in [2.75, 3.05) is 7.11 Å². The van der Waals surface area contributed by atoms with Crippen LogP contribution >= 0.6 is 0 Å². The van der Waals surface area contributed by atoms with Crippen LogP contribution < -0.4 is 5.32 Å². The minimum atomic E-state index is -0.283. The van der Waals surface area contributed by atoms with Crippen LogP contribution in [-0.2, 0) is 14.3 Å². The molecule has 228 valence electrons. The molecule has 2 atom stereocenters. The highest BCUT2D eigenvalue weighted by Gasteiger charge is 2.43. The van der Waals surface area contributed by atoms with Gasteiger partial charge in [-0.2, -0.15) is 0 Å². The summed E-state index contributed by atoms with van der Waals surface area (Å²) in [6.07, 6.45) is 6.75. The van der Waals surface area contributed by atoms with Crippen molar-refractivity contribution < 1.29 is 19.4 Å². The van der Waals surface area contributed by atoms with E-state index in [9.17, 15) is 14.7 Å². The number of ether oxygens (including phenoxy) is 1. The van der Waals surface area contributed by atoms with Crippen molar-refractivity contribution in [1.82, 2.24) is 5.32 Å². The van der Waals surface area contributed by atoms with E-state index in [0.717, 1.165) is 91.8 Å². The van der Waals surface area contributed by atoms with Gasteiger partial charge in [0, 0.05) is 47.2 Å². The third-order valence-electron chi connectivity index (χ3n) is 9.91. The summed E-state index contributed by atoms with van der Waals surface area (Å²) in [5.41, 5.74) is 13.9. The molecule has 5 aliphatic heterocycles. The minimum absolute atomic E-state index is 0.0768. The summed E-state index contributed by atoms with van der Waals surface area (Å²) in [5.74, 6) is -0.318. The van der Waals surface area contributed by atoms with Gasteiger partial charge in [-0.1, -0.05) is 20.8 Å². The Morgan fingerprint density at radius 3 is 2.30 bits per heavy atom. The second kappa shape index (κ2) is 11.0. The largest absolute Gasteiger partial charge is 0.511 e. The van der Waals surface area contributed by atoms with Crippen molar-refractivity contribution in [3.8, 4) is 0 Å². The van der Waals surface area contributed by atoms with Gasteiger partial charge in [0.1, 0.15) is 5.76 Å². The molecule has 0 spiro atoms. The minimum Gasteiger partial charge on any atom is -0.511 e. The van der Waals surface area contributed by atoms with Gasteiger partial charge in [-0.05, 0) is 87.0 Å². The molecule has 0 radical (unpaired) electrons. The lowest BCUT2D eigenvalue weighted by Gasteiger charge is -2.18. The SMILES string of the molecule is CCC1=C(C)C2=NC1=CC1=C(C)C3=C(O)CC(=C4NC(=C(C(C)=O)C5=NC(=C2)C(CC)=C5C)[C@@H](C)[C@@H]4CCC(=O)OC)C3=N1. The molecule has 0 saturated carbocycles. The average Bonchev–Trinajstić information content (AvgIpc) is 3.74. The van der Waals surface area contributed by atoms with E-state index in [-0.39, 0.29) is 35.8 Å². The summed E-state index contributed by atoms with van der Waals surface area (Å²) in [7, 11) is 1.40. The van der Waals surface area contributed by atoms with Crippen LogP contribution in [0.25, 0.3) is 0 Å². The fourth-order valence-corrected chi connectivity index (χ4v) is 7.50. The van der Waals surface area contributed by atoms with Crippen molar-refractivity contribution >= 4 is 28.9 Å². The van der Waals surface area contributed by atoms with E-state index >= 15 is 0 Å². The molecular formula is C36H40N4O4. The smallest absolute Gasteiger partial charge is 0.305 e. The van der Waals surface area contributed by atoms with Crippen LogP contribution in [0.2, 0.25) is 0 Å². The van der Waals surface area contributed by atoms with Gasteiger partial charge in [-0.25, -0.2) is 15.0 Å². The maximum absolute atomic E-state index is 13.5. The third kappa shape index (κ3) is 4.45. The number of allylic oxidation sites excluding steroid dienone is 12. The summed E-state index contributed by atoms with van der Waals surface area (Å²) in [6, 6.07) is 0. The zero-order chi connectivity index (χ0) is 31.6. The van der Waals surface area contributed by atoms with Gasteiger partial charge in [0.15, 0.2) is 5.78 Å². The first-order chi connectivity index (χ1) is 21.0. The second-order valence-corrected chi connectivity index (χ2v) is 12.3. The first kappa shape index (κ1) is 29.7. The summed E-state index contributed by atoms with van der Waals surface area (Å²) < 4.78 is 4.99. The van der Waals surface area contributed by atoms with E-state index in [4.69, 9.17) is 19.7 Å². The van der Waals surface area contributed by atoms with Crippen LogP contribution in [0.1, 0.15) is 80.6 Å². The van der Waals surface area contributed by atoms with Crippen molar-refractivity contribution in [2.24, 2.45) is 26.8 Å². The van der Waals surface area contributed by atoms with Gasteiger partial charge in [-0.3, -0.25) is 9.59 Å². The Morgan fingerprint density at radius 1 is 0.955 bits per heavy atom. The van der Waals surface area contributed by atoms with Crippen LogP contribution in [0, 0.1) is 11.8 Å².